The van der Waals surface area contributed by atoms with Crippen LogP contribution in [0.25, 0.3) is 0 Å². The van der Waals surface area contributed by atoms with E-state index in [4.69, 9.17) is 0 Å². The van der Waals surface area contributed by atoms with Crippen molar-refractivity contribution in [3.05, 3.63) is 29.6 Å². The van der Waals surface area contributed by atoms with Crippen molar-refractivity contribution in [3.8, 4) is 0 Å². The number of rotatable bonds is 3. The smallest absolute Gasteiger partial charge is 0.215 e. The third kappa shape index (κ3) is 2.25. The molecule has 1 aromatic heterocycles. The molecule has 0 saturated heterocycles. The summed E-state index contributed by atoms with van der Waals surface area (Å²) in [4.78, 5) is 4.20. The number of aromatic nitrogens is 1. The Kier molecular flexibility index (Phi) is 2.99. The first-order valence-corrected chi connectivity index (χ1v) is 7.00. The Balaban J connectivity index is 2.17. The second-order valence-corrected chi connectivity index (χ2v) is 6.56. The fourth-order valence-electron chi connectivity index (χ4n) is 1.89. The second-order valence-electron chi connectivity index (χ2n) is 4.55. The van der Waals surface area contributed by atoms with E-state index < -0.39 is 10.0 Å². The lowest BCUT2D eigenvalue weighted by Gasteiger charge is -2.16. The summed E-state index contributed by atoms with van der Waals surface area (Å²) in [5.74, 6) is 0.364. The van der Waals surface area contributed by atoms with Crippen LogP contribution in [0.4, 0.5) is 0 Å². The molecule has 4 nitrogen and oxygen atoms in total. The maximum Gasteiger partial charge on any atom is 0.215 e. The molecule has 0 atom stereocenters. The highest BCUT2D eigenvalue weighted by molar-refractivity contribution is 7.89. The van der Waals surface area contributed by atoms with Gasteiger partial charge in [-0.3, -0.25) is 4.98 Å². The Morgan fingerprint density at radius 3 is 2.81 bits per heavy atom. The van der Waals surface area contributed by atoms with Crippen molar-refractivity contribution in [1.29, 1.82) is 0 Å². The lowest BCUT2D eigenvalue weighted by atomic mass is 10.2. The van der Waals surface area contributed by atoms with E-state index in [0.717, 1.165) is 11.3 Å². The zero-order valence-electron chi connectivity index (χ0n) is 9.55. The predicted molar refractivity (Wildman–Crippen MR) is 62.1 cm³/mol. The maximum absolute atomic E-state index is 12.0. The first kappa shape index (κ1) is 11.5. The molecule has 5 heteroatoms. The lowest BCUT2D eigenvalue weighted by molar-refractivity contribution is 0.424. The second kappa shape index (κ2) is 4.14. The van der Waals surface area contributed by atoms with Gasteiger partial charge in [0, 0.05) is 12.7 Å². The summed E-state index contributed by atoms with van der Waals surface area (Å²) in [7, 11) is -3.13. The van der Waals surface area contributed by atoms with Gasteiger partial charge in [-0.05, 0) is 17.5 Å². The molecule has 16 heavy (non-hydrogen) atoms. The number of sulfonamides is 1. The number of fused-ring (bicyclic) bond motifs is 1. The van der Waals surface area contributed by atoms with Crippen LogP contribution >= 0.6 is 0 Å². The van der Waals surface area contributed by atoms with Gasteiger partial charge >= 0.3 is 0 Å². The summed E-state index contributed by atoms with van der Waals surface area (Å²) >= 11 is 0. The van der Waals surface area contributed by atoms with Crippen molar-refractivity contribution in [3.63, 3.8) is 0 Å². The van der Waals surface area contributed by atoms with Crippen molar-refractivity contribution >= 4 is 10.0 Å². The highest BCUT2D eigenvalue weighted by Gasteiger charge is 2.29. The molecule has 0 aliphatic carbocycles. The van der Waals surface area contributed by atoms with Gasteiger partial charge in [0.15, 0.2) is 0 Å². The van der Waals surface area contributed by atoms with Gasteiger partial charge in [0.1, 0.15) is 0 Å². The fourth-order valence-corrected chi connectivity index (χ4v) is 3.60. The Bertz CT molecular complexity index is 458. The SMILES string of the molecule is CC(C)CS(=O)(=O)N1Cc2cccnc2C1. The fraction of sp³-hybridized carbons (Fsp3) is 0.545. The number of hydrogen-bond acceptors (Lipinski definition) is 3. The molecule has 88 valence electrons. The van der Waals surface area contributed by atoms with Crippen molar-refractivity contribution in [2.24, 2.45) is 5.92 Å². The molecule has 0 bridgehead atoms. The highest BCUT2D eigenvalue weighted by atomic mass is 32.2. The molecule has 0 saturated carbocycles. The Labute approximate surface area is 96.4 Å². The Morgan fingerprint density at radius 2 is 2.19 bits per heavy atom. The van der Waals surface area contributed by atoms with Crippen LogP contribution in [0.3, 0.4) is 0 Å². The van der Waals surface area contributed by atoms with Gasteiger partial charge in [-0.2, -0.15) is 4.31 Å². The van der Waals surface area contributed by atoms with Gasteiger partial charge in [0.25, 0.3) is 0 Å². The quantitative estimate of drug-likeness (QED) is 0.802. The van der Waals surface area contributed by atoms with Crippen LogP contribution in [0.1, 0.15) is 25.1 Å². The number of hydrogen-bond donors (Lipinski definition) is 0. The third-order valence-electron chi connectivity index (χ3n) is 2.59. The summed E-state index contributed by atoms with van der Waals surface area (Å²) in [6.45, 7) is 4.72. The summed E-state index contributed by atoms with van der Waals surface area (Å²) in [6, 6.07) is 3.78. The van der Waals surface area contributed by atoms with E-state index in [1.807, 2.05) is 26.0 Å². The van der Waals surface area contributed by atoms with E-state index in [1.54, 1.807) is 6.20 Å². The molecular formula is C11H16N2O2S. The van der Waals surface area contributed by atoms with Gasteiger partial charge in [0.05, 0.1) is 18.0 Å². The maximum atomic E-state index is 12.0. The molecule has 2 heterocycles. The molecular weight excluding hydrogens is 224 g/mol. The molecule has 0 amide bonds. The van der Waals surface area contributed by atoms with Crippen molar-refractivity contribution in [1.82, 2.24) is 9.29 Å². The molecule has 0 radical (unpaired) electrons. The molecule has 1 aromatic rings. The van der Waals surface area contributed by atoms with E-state index in [2.05, 4.69) is 4.98 Å². The molecule has 1 aliphatic rings. The summed E-state index contributed by atoms with van der Waals surface area (Å²) in [5.41, 5.74) is 1.91. The van der Waals surface area contributed by atoms with Gasteiger partial charge < -0.3 is 0 Å². The third-order valence-corrected chi connectivity index (χ3v) is 4.73. The summed E-state index contributed by atoms with van der Waals surface area (Å²) in [6.07, 6.45) is 1.71. The molecule has 0 spiro atoms. The monoisotopic (exact) mass is 240 g/mol. The molecule has 2 rings (SSSR count). The molecule has 0 fully saturated rings. The van der Waals surface area contributed by atoms with Crippen LogP contribution < -0.4 is 0 Å². The average molecular weight is 240 g/mol. The molecule has 0 N–H and O–H groups in total. The van der Waals surface area contributed by atoms with Gasteiger partial charge in [-0.25, -0.2) is 8.42 Å². The van der Waals surface area contributed by atoms with Crippen LogP contribution in [-0.4, -0.2) is 23.5 Å². The van der Waals surface area contributed by atoms with E-state index in [-0.39, 0.29) is 11.7 Å². The minimum absolute atomic E-state index is 0.154. The number of pyridine rings is 1. The van der Waals surface area contributed by atoms with Crippen LogP contribution in [0, 0.1) is 5.92 Å². The van der Waals surface area contributed by atoms with E-state index in [0.29, 0.717) is 13.1 Å². The van der Waals surface area contributed by atoms with Crippen molar-refractivity contribution < 1.29 is 8.42 Å². The summed E-state index contributed by atoms with van der Waals surface area (Å²) < 4.78 is 25.5. The first-order valence-electron chi connectivity index (χ1n) is 5.39. The van der Waals surface area contributed by atoms with Gasteiger partial charge in [-0.15, -0.1) is 0 Å². The van der Waals surface area contributed by atoms with E-state index in [1.165, 1.54) is 4.31 Å². The minimum atomic E-state index is -3.13. The van der Waals surface area contributed by atoms with E-state index >= 15 is 0 Å². The van der Waals surface area contributed by atoms with Crippen molar-refractivity contribution in [2.75, 3.05) is 5.75 Å². The zero-order chi connectivity index (χ0) is 11.8. The lowest BCUT2D eigenvalue weighted by Crippen LogP contribution is -2.30. The topological polar surface area (TPSA) is 50.3 Å². The zero-order valence-corrected chi connectivity index (χ0v) is 10.4. The normalized spacial score (nSPS) is 16.7. The van der Waals surface area contributed by atoms with Crippen LogP contribution in [0.5, 0.6) is 0 Å². The van der Waals surface area contributed by atoms with Crippen LogP contribution in [0.2, 0.25) is 0 Å². The van der Waals surface area contributed by atoms with Gasteiger partial charge in [-0.1, -0.05) is 19.9 Å². The van der Waals surface area contributed by atoms with Crippen molar-refractivity contribution in [2.45, 2.75) is 26.9 Å². The first-order chi connectivity index (χ1) is 7.49. The number of nitrogens with zero attached hydrogens (tertiary/aromatic N) is 2. The standard InChI is InChI=1S/C11H16N2O2S/c1-9(2)8-16(14,15)13-6-10-4-3-5-12-11(10)7-13/h3-5,9H,6-8H2,1-2H3. The summed E-state index contributed by atoms with van der Waals surface area (Å²) in [5, 5.41) is 0. The van der Waals surface area contributed by atoms with Crippen LogP contribution in [-0.2, 0) is 23.1 Å². The molecule has 1 aliphatic heterocycles. The molecule has 0 unspecified atom stereocenters. The molecule has 0 aromatic carbocycles. The Hall–Kier alpha value is -0.940. The average Bonchev–Trinajstić information content (AvgIpc) is 2.59. The van der Waals surface area contributed by atoms with Crippen LogP contribution in [0.15, 0.2) is 18.3 Å². The van der Waals surface area contributed by atoms with E-state index in [9.17, 15) is 8.42 Å². The predicted octanol–water partition coefficient (Wildman–Crippen LogP) is 1.38. The highest BCUT2D eigenvalue weighted by Crippen LogP contribution is 2.23. The largest absolute Gasteiger partial charge is 0.260 e. The van der Waals surface area contributed by atoms with Gasteiger partial charge in [0.2, 0.25) is 10.0 Å². The minimum Gasteiger partial charge on any atom is -0.260 e. The Morgan fingerprint density at radius 1 is 1.44 bits per heavy atom.